The molecule has 4 nitrogen and oxygen atoms in total. The van der Waals surface area contributed by atoms with Crippen LogP contribution >= 0.6 is 11.8 Å². The van der Waals surface area contributed by atoms with Gasteiger partial charge >= 0.3 is 0 Å². The smallest absolute Gasteiger partial charge is 0.251 e. The van der Waals surface area contributed by atoms with Crippen molar-refractivity contribution in [2.24, 2.45) is 0 Å². The molecule has 0 spiro atoms. The second-order valence-electron chi connectivity index (χ2n) is 5.94. The van der Waals surface area contributed by atoms with E-state index in [1.54, 1.807) is 30.0 Å². The number of halogens is 1. The third-order valence-corrected chi connectivity index (χ3v) is 5.27. The number of fused-ring (bicyclic) bond motifs is 1. The Bertz CT molecular complexity index is 810. The zero-order valence-electron chi connectivity index (χ0n) is 13.8. The minimum Gasteiger partial charge on any atom is -0.348 e. The summed E-state index contributed by atoms with van der Waals surface area (Å²) in [6.45, 7) is 1.74. The summed E-state index contributed by atoms with van der Waals surface area (Å²) in [5.41, 5.74) is 2.21. The lowest BCUT2D eigenvalue weighted by molar-refractivity contribution is -0.120. The van der Waals surface area contributed by atoms with Gasteiger partial charge in [-0.1, -0.05) is 18.2 Å². The van der Waals surface area contributed by atoms with Gasteiger partial charge in [-0.15, -0.1) is 11.8 Å². The first-order valence-electron chi connectivity index (χ1n) is 8.10. The number of rotatable bonds is 4. The van der Waals surface area contributed by atoms with Gasteiger partial charge in [0.25, 0.3) is 5.91 Å². The molecule has 1 aliphatic heterocycles. The lowest BCUT2D eigenvalue weighted by Gasteiger charge is -2.26. The lowest BCUT2D eigenvalue weighted by Crippen LogP contribution is -2.39. The summed E-state index contributed by atoms with van der Waals surface area (Å²) in [4.78, 5) is 25.3. The molecular weight excluding hydrogens is 339 g/mol. The Morgan fingerprint density at radius 2 is 2.04 bits per heavy atom. The molecule has 0 fully saturated rings. The zero-order valence-corrected chi connectivity index (χ0v) is 14.7. The molecule has 6 heteroatoms. The Kier molecular flexibility index (Phi) is 5.38. The van der Waals surface area contributed by atoms with Gasteiger partial charge in [-0.05, 0) is 48.7 Å². The molecule has 0 saturated carbocycles. The van der Waals surface area contributed by atoms with Gasteiger partial charge < -0.3 is 10.6 Å². The fourth-order valence-corrected chi connectivity index (χ4v) is 3.95. The van der Waals surface area contributed by atoms with Gasteiger partial charge in [-0.2, -0.15) is 0 Å². The monoisotopic (exact) mass is 358 g/mol. The molecule has 0 radical (unpaired) electrons. The number of nitrogens with one attached hydrogen (secondary N) is 2. The van der Waals surface area contributed by atoms with Crippen LogP contribution in [0.4, 0.5) is 4.39 Å². The van der Waals surface area contributed by atoms with E-state index >= 15 is 0 Å². The van der Waals surface area contributed by atoms with Crippen LogP contribution in [0.3, 0.4) is 0 Å². The molecule has 2 aromatic carbocycles. The SMILES string of the molecule is Cc1ccccc1C(=O)NCC(=O)NC1CCSc2ccc(F)cc21. The van der Waals surface area contributed by atoms with Crippen molar-refractivity contribution in [3.8, 4) is 0 Å². The molecule has 1 heterocycles. The summed E-state index contributed by atoms with van der Waals surface area (Å²) in [5.74, 6) is -0.0135. The van der Waals surface area contributed by atoms with Crippen molar-refractivity contribution in [1.29, 1.82) is 0 Å². The highest BCUT2D eigenvalue weighted by Gasteiger charge is 2.23. The van der Waals surface area contributed by atoms with E-state index in [0.29, 0.717) is 5.56 Å². The van der Waals surface area contributed by atoms with Crippen LogP contribution in [0.15, 0.2) is 47.4 Å². The summed E-state index contributed by atoms with van der Waals surface area (Å²) in [6.07, 6.45) is 0.735. The second kappa shape index (κ2) is 7.70. The standard InChI is InChI=1S/C19H19FN2O2S/c1-12-4-2-3-5-14(12)19(24)21-11-18(23)22-16-8-9-25-17-7-6-13(20)10-15(16)17/h2-7,10,16H,8-9,11H2,1H3,(H,21,24)(H,22,23). The highest BCUT2D eigenvalue weighted by Crippen LogP contribution is 2.36. The molecule has 0 aliphatic carbocycles. The van der Waals surface area contributed by atoms with Crippen LogP contribution in [0.2, 0.25) is 0 Å². The lowest BCUT2D eigenvalue weighted by atomic mass is 10.0. The maximum absolute atomic E-state index is 13.5. The highest BCUT2D eigenvalue weighted by atomic mass is 32.2. The number of hydrogen-bond acceptors (Lipinski definition) is 3. The van der Waals surface area contributed by atoms with Crippen LogP contribution in [0.5, 0.6) is 0 Å². The predicted octanol–water partition coefficient (Wildman–Crippen LogP) is 3.22. The maximum atomic E-state index is 13.5. The molecule has 130 valence electrons. The molecule has 1 unspecified atom stereocenters. The van der Waals surface area contributed by atoms with Crippen molar-refractivity contribution in [1.82, 2.24) is 10.6 Å². The summed E-state index contributed by atoms with van der Waals surface area (Å²) < 4.78 is 13.5. The molecule has 0 bridgehead atoms. The summed E-state index contributed by atoms with van der Waals surface area (Å²) in [7, 11) is 0. The molecule has 3 rings (SSSR count). The fourth-order valence-electron chi connectivity index (χ4n) is 2.84. The van der Waals surface area contributed by atoms with Crippen molar-refractivity contribution in [2.75, 3.05) is 12.3 Å². The van der Waals surface area contributed by atoms with Gasteiger partial charge in [0.2, 0.25) is 5.91 Å². The summed E-state index contributed by atoms with van der Waals surface area (Å²) in [6, 6.07) is 11.6. The minimum absolute atomic E-state index is 0.110. The van der Waals surface area contributed by atoms with Crippen LogP contribution < -0.4 is 10.6 Å². The summed E-state index contributed by atoms with van der Waals surface area (Å²) in [5, 5.41) is 5.52. The van der Waals surface area contributed by atoms with Crippen LogP contribution in [-0.2, 0) is 4.79 Å². The normalized spacial score (nSPS) is 16.0. The molecule has 2 N–H and O–H groups in total. The molecule has 1 aliphatic rings. The van der Waals surface area contributed by atoms with E-state index in [2.05, 4.69) is 10.6 Å². The van der Waals surface area contributed by atoms with Crippen molar-refractivity contribution in [2.45, 2.75) is 24.3 Å². The van der Waals surface area contributed by atoms with Gasteiger partial charge in [0.1, 0.15) is 5.82 Å². The Morgan fingerprint density at radius 1 is 1.24 bits per heavy atom. The Labute approximate surface area is 150 Å². The molecule has 0 aromatic heterocycles. The number of aryl methyl sites for hydroxylation is 1. The number of benzene rings is 2. The van der Waals surface area contributed by atoms with E-state index in [4.69, 9.17) is 0 Å². The fraction of sp³-hybridized carbons (Fsp3) is 0.263. The van der Waals surface area contributed by atoms with Gasteiger partial charge in [-0.3, -0.25) is 9.59 Å². The quantitative estimate of drug-likeness (QED) is 0.882. The molecule has 25 heavy (non-hydrogen) atoms. The first-order valence-corrected chi connectivity index (χ1v) is 9.08. The average Bonchev–Trinajstić information content (AvgIpc) is 2.60. The Hall–Kier alpha value is -2.34. The van der Waals surface area contributed by atoms with E-state index < -0.39 is 0 Å². The first-order chi connectivity index (χ1) is 12.0. The van der Waals surface area contributed by atoms with E-state index in [9.17, 15) is 14.0 Å². The average molecular weight is 358 g/mol. The van der Waals surface area contributed by atoms with E-state index in [1.165, 1.54) is 12.1 Å². The van der Waals surface area contributed by atoms with Gasteiger partial charge in [-0.25, -0.2) is 4.39 Å². The topological polar surface area (TPSA) is 58.2 Å². The third-order valence-electron chi connectivity index (χ3n) is 4.15. The predicted molar refractivity (Wildman–Crippen MR) is 96.1 cm³/mol. The zero-order chi connectivity index (χ0) is 17.8. The van der Waals surface area contributed by atoms with Gasteiger partial charge in [0.15, 0.2) is 0 Å². The number of carbonyl (C=O) groups excluding carboxylic acids is 2. The maximum Gasteiger partial charge on any atom is 0.251 e. The highest BCUT2D eigenvalue weighted by molar-refractivity contribution is 7.99. The first kappa shape index (κ1) is 17.5. The number of thioether (sulfide) groups is 1. The summed E-state index contributed by atoms with van der Waals surface area (Å²) >= 11 is 1.66. The van der Waals surface area contributed by atoms with Crippen LogP contribution in [0.1, 0.15) is 33.9 Å². The number of amides is 2. The van der Waals surface area contributed by atoms with Crippen molar-refractivity contribution in [3.05, 3.63) is 65.0 Å². The Balaban J connectivity index is 1.60. The van der Waals surface area contributed by atoms with Crippen LogP contribution in [-0.4, -0.2) is 24.1 Å². The second-order valence-corrected chi connectivity index (χ2v) is 7.07. The third kappa shape index (κ3) is 4.20. The van der Waals surface area contributed by atoms with Crippen LogP contribution in [0, 0.1) is 12.7 Å². The largest absolute Gasteiger partial charge is 0.348 e. The molecule has 2 amide bonds. The van der Waals surface area contributed by atoms with Gasteiger partial charge in [0.05, 0.1) is 12.6 Å². The number of carbonyl (C=O) groups is 2. The molecule has 0 saturated heterocycles. The molecule has 2 aromatic rings. The van der Waals surface area contributed by atoms with E-state index in [1.807, 2.05) is 19.1 Å². The van der Waals surface area contributed by atoms with Crippen molar-refractivity contribution in [3.63, 3.8) is 0 Å². The van der Waals surface area contributed by atoms with Crippen molar-refractivity contribution >= 4 is 23.6 Å². The molecule has 1 atom stereocenters. The van der Waals surface area contributed by atoms with Gasteiger partial charge in [0, 0.05) is 16.2 Å². The Morgan fingerprint density at radius 3 is 2.84 bits per heavy atom. The number of hydrogen-bond donors (Lipinski definition) is 2. The van der Waals surface area contributed by atoms with Crippen molar-refractivity contribution < 1.29 is 14.0 Å². The van der Waals surface area contributed by atoms with E-state index in [-0.39, 0.29) is 30.2 Å². The molecular formula is C19H19FN2O2S. The van der Waals surface area contributed by atoms with Crippen LogP contribution in [0.25, 0.3) is 0 Å². The minimum atomic E-state index is -0.312. The van der Waals surface area contributed by atoms with E-state index in [0.717, 1.165) is 28.2 Å².